The molecule has 0 aliphatic carbocycles. The monoisotopic (exact) mass is 280 g/mol. The Hall–Kier alpha value is -2.75. The molecule has 0 saturated heterocycles. The standard InChI is InChI=1S/C17H16N2O2/c1-20-15-8-14(9-16(10-15)21-2)19-17-7-12-5-3-4-6-13(12)11-18-17/h3-11H,1-2H3,(H,18,19). The van der Waals surface area contributed by atoms with Gasteiger partial charge in [0.1, 0.15) is 17.3 Å². The summed E-state index contributed by atoms with van der Waals surface area (Å²) in [7, 11) is 3.26. The fourth-order valence-corrected chi connectivity index (χ4v) is 2.18. The summed E-state index contributed by atoms with van der Waals surface area (Å²) >= 11 is 0. The summed E-state index contributed by atoms with van der Waals surface area (Å²) in [6, 6.07) is 15.8. The third-order valence-electron chi connectivity index (χ3n) is 3.25. The number of anilines is 2. The summed E-state index contributed by atoms with van der Waals surface area (Å²) in [4.78, 5) is 4.42. The molecule has 21 heavy (non-hydrogen) atoms. The number of ether oxygens (including phenoxy) is 2. The molecule has 1 aromatic heterocycles. The van der Waals surface area contributed by atoms with Gasteiger partial charge in [0.2, 0.25) is 0 Å². The molecule has 0 unspecified atom stereocenters. The van der Waals surface area contributed by atoms with Gasteiger partial charge in [-0.25, -0.2) is 4.98 Å². The highest BCUT2D eigenvalue weighted by molar-refractivity contribution is 5.84. The van der Waals surface area contributed by atoms with Gasteiger partial charge in [0, 0.05) is 35.5 Å². The lowest BCUT2D eigenvalue weighted by atomic mass is 10.2. The van der Waals surface area contributed by atoms with E-state index >= 15 is 0 Å². The van der Waals surface area contributed by atoms with Crippen molar-refractivity contribution in [2.24, 2.45) is 0 Å². The Bertz CT molecular complexity index is 749. The van der Waals surface area contributed by atoms with Crippen molar-refractivity contribution in [2.75, 3.05) is 19.5 Å². The zero-order valence-electron chi connectivity index (χ0n) is 12.0. The average Bonchev–Trinajstić information content (AvgIpc) is 2.54. The van der Waals surface area contributed by atoms with Gasteiger partial charge in [0.05, 0.1) is 14.2 Å². The summed E-state index contributed by atoms with van der Waals surface area (Å²) in [6.45, 7) is 0. The van der Waals surface area contributed by atoms with E-state index in [1.165, 1.54) is 0 Å². The van der Waals surface area contributed by atoms with Crippen molar-refractivity contribution in [2.45, 2.75) is 0 Å². The molecular weight excluding hydrogens is 264 g/mol. The summed E-state index contributed by atoms with van der Waals surface area (Å²) in [5.41, 5.74) is 0.869. The molecule has 0 fully saturated rings. The van der Waals surface area contributed by atoms with Gasteiger partial charge in [-0.2, -0.15) is 0 Å². The maximum atomic E-state index is 5.26. The third kappa shape index (κ3) is 2.89. The molecule has 0 amide bonds. The van der Waals surface area contributed by atoms with Gasteiger partial charge in [0.15, 0.2) is 0 Å². The molecule has 0 radical (unpaired) electrons. The van der Waals surface area contributed by atoms with E-state index < -0.39 is 0 Å². The summed E-state index contributed by atoms with van der Waals surface area (Å²) in [6.07, 6.45) is 1.86. The Morgan fingerprint density at radius 1 is 0.857 bits per heavy atom. The Morgan fingerprint density at radius 2 is 1.52 bits per heavy atom. The first-order valence-electron chi connectivity index (χ1n) is 6.63. The van der Waals surface area contributed by atoms with Gasteiger partial charge >= 0.3 is 0 Å². The summed E-state index contributed by atoms with van der Waals surface area (Å²) < 4.78 is 10.5. The molecule has 1 N–H and O–H groups in total. The van der Waals surface area contributed by atoms with Gasteiger partial charge in [-0.05, 0) is 11.5 Å². The highest BCUT2D eigenvalue weighted by atomic mass is 16.5. The van der Waals surface area contributed by atoms with E-state index in [2.05, 4.69) is 16.4 Å². The van der Waals surface area contributed by atoms with E-state index in [9.17, 15) is 0 Å². The van der Waals surface area contributed by atoms with Crippen molar-refractivity contribution < 1.29 is 9.47 Å². The van der Waals surface area contributed by atoms with Crippen LogP contribution in [-0.2, 0) is 0 Å². The Kier molecular flexibility index (Phi) is 3.60. The van der Waals surface area contributed by atoms with E-state index in [0.29, 0.717) is 0 Å². The third-order valence-corrected chi connectivity index (χ3v) is 3.25. The van der Waals surface area contributed by atoms with Crippen LogP contribution in [0.3, 0.4) is 0 Å². The van der Waals surface area contributed by atoms with Gasteiger partial charge in [-0.1, -0.05) is 24.3 Å². The number of nitrogens with zero attached hydrogens (tertiary/aromatic N) is 1. The van der Waals surface area contributed by atoms with Crippen molar-refractivity contribution in [3.05, 3.63) is 54.7 Å². The van der Waals surface area contributed by atoms with Crippen molar-refractivity contribution in [3.63, 3.8) is 0 Å². The van der Waals surface area contributed by atoms with E-state index in [-0.39, 0.29) is 0 Å². The molecule has 0 bridgehead atoms. The number of methoxy groups -OCH3 is 2. The van der Waals surface area contributed by atoms with Crippen LogP contribution in [0.15, 0.2) is 54.7 Å². The lowest BCUT2D eigenvalue weighted by molar-refractivity contribution is 0.395. The number of pyridine rings is 1. The van der Waals surface area contributed by atoms with Crippen LogP contribution in [0, 0.1) is 0 Å². The molecule has 0 atom stereocenters. The molecule has 3 aromatic rings. The van der Waals surface area contributed by atoms with Gasteiger partial charge in [-0.15, -0.1) is 0 Å². The lowest BCUT2D eigenvalue weighted by Crippen LogP contribution is -1.95. The summed E-state index contributed by atoms with van der Waals surface area (Å²) in [5.74, 6) is 2.25. The Morgan fingerprint density at radius 3 is 2.19 bits per heavy atom. The van der Waals surface area contributed by atoms with Crippen LogP contribution in [0.25, 0.3) is 10.8 Å². The number of benzene rings is 2. The second-order valence-electron chi connectivity index (χ2n) is 4.64. The molecule has 4 heteroatoms. The minimum Gasteiger partial charge on any atom is -0.497 e. The number of aromatic nitrogens is 1. The van der Waals surface area contributed by atoms with Crippen molar-refractivity contribution in [3.8, 4) is 11.5 Å². The predicted octanol–water partition coefficient (Wildman–Crippen LogP) is 4.00. The molecule has 0 spiro atoms. The van der Waals surface area contributed by atoms with Crippen LogP contribution in [0.4, 0.5) is 11.5 Å². The highest BCUT2D eigenvalue weighted by Gasteiger charge is 2.03. The quantitative estimate of drug-likeness (QED) is 0.784. The number of rotatable bonds is 4. The Labute approximate surface area is 123 Å². The molecule has 3 rings (SSSR count). The van der Waals surface area contributed by atoms with Gasteiger partial charge < -0.3 is 14.8 Å². The van der Waals surface area contributed by atoms with Crippen molar-refractivity contribution in [1.29, 1.82) is 0 Å². The maximum Gasteiger partial charge on any atom is 0.130 e. The minimum atomic E-state index is 0.734. The van der Waals surface area contributed by atoms with Crippen LogP contribution in [0.2, 0.25) is 0 Å². The fourth-order valence-electron chi connectivity index (χ4n) is 2.18. The SMILES string of the molecule is COc1cc(Nc2cc3ccccc3cn2)cc(OC)c1. The van der Waals surface area contributed by atoms with E-state index in [4.69, 9.17) is 9.47 Å². The highest BCUT2D eigenvalue weighted by Crippen LogP contribution is 2.28. The molecule has 0 aliphatic rings. The molecule has 4 nitrogen and oxygen atoms in total. The molecular formula is C17H16N2O2. The fraction of sp³-hybridized carbons (Fsp3) is 0.118. The molecule has 2 aromatic carbocycles. The Balaban J connectivity index is 1.94. The van der Waals surface area contributed by atoms with E-state index in [0.717, 1.165) is 33.8 Å². The van der Waals surface area contributed by atoms with Gasteiger partial charge in [0.25, 0.3) is 0 Å². The first kappa shape index (κ1) is 13.2. The first-order valence-corrected chi connectivity index (χ1v) is 6.63. The second-order valence-corrected chi connectivity index (χ2v) is 4.64. The number of hydrogen-bond acceptors (Lipinski definition) is 4. The predicted molar refractivity (Wildman–Crippen MR) is 84.6 cm³/mol. The zero-order chi connectivity index (χ0) is 14.7. The normalized spacial score (nSPS) is 10.4. The largest absolute Gasteiger partial charge is 0.497 e. The van der Waals surface area contributed by atoms with Crippen LogP contribution in [-0.4, -0.2) is 19.2 Å². The number of nitrogens with one attached hydrogen (secondary N) is 1. The minimum absolute atomic E-state index is 0.734. The summed E-state index contributed by atoms with van der Waals surface area (Å²) in [5, 5.41) is 5.53. The zero-order valence-corrected chi connectivity index (χ0v) is 12.0. The van der Waals surface area contributed by atoms with Gasteiger partial charge in [-0.3, -0.25) is 0 Å². The van der Waals surface area contributed by atoms with Crippen LogP contribution < -0.4 is 14.8 Å². The van der Waals surface area contributed by atoms with Crippen molar-refractivity contribution >= 4 is 22.3 Å². The molecule has 106 valence electrons. The van der Waals surface area contributed by atoms with Crippen LogP contribution in [0.1, 0.15) is 0 Å². The second kappa shape index (κ2) is 5.71. The molecule has 1 heterocycles. The molecule has 0 aliphatic heterocycles. The average molecular weight is 280 g/mol. The lowest BCUT2D eigenvalue weighted by Gasteiger charge is -2.10. The topological polar surface area (TPSA) is 43.4 Å². The number of fused-ring (bicyclic) bond motifs is 1. The smallest absolute Gasteiger partial charge is 0.130 e. The van der Waals surface area contributed by atoms with E-state index in [1.54, 1.807) is 14.2 Å². The molecule has 0 saturated carbocycles. The van der Waals surface area contributed by atoms with Crippen molar-refractivity contribution in [1.82, 2.24) is 4.98 Å². The maximum absolute atomic E-state index is 5.26. The van der Waals surface area contributed by atoms with Crippen LogP contribution >= 0.6 is 0 Å². The van der Waals surface area contributed by atoms with E-state index in [1.807, 2.05) is 48.7 Å². The van der Waals surface area contributed by atoms with Crippen LogP contribution in [0.5, 0.6) is 11.5 Å². The number of hydrogen-bond donors (Lipinski definition) is 1. The first-order chi connectivity index (χ1) is 10.3.